The average Bonchev–Trinajstić information content (AvgIpc) is 3.52. The van der Waals surface area contributed by atoms with Gasteiger partial charge < -0.3 is 15.1 Å². The largest absolute Gasteiger partial charge is 0.464 e. The van der Waals surface area contributed by atoms with Crippen molar-refractivity contribution >= 4 is 38.8 Å². The number of rotatable bonds is 10. The summed E-state index contributed by atoms with van der Waals surface area (Å²) in [5.74, 6) is -0.807. The summed E-state index contributed by atoms with van der Waals surface area (Å²) in [4.78, 5) is 19.7. The molecule has 1 aliphatic rings. The van der Waals surface area contributed by atoms with Crippen LogP contribution in [0.25, 0.3) is 11.0 Å². The van der Waals surface area contributed by atoms with Crippen LogP contribution in [0, 0.1) is 5.82 Å². The Balaban J connectivity index is 1.32. The van der Waals surface area contributed by atoms with Crippen molar-refractivity contribution in [2.75, 3.05) is 26.2 Å². The zero-order chi connectivity index (χ0) is 24.6. The third kappa shape index (κ3) is 6.92. The van der Waals surface area contributed by atoms with Crippen LogP contribution in [0.2, 0.25) is 0 Å². The first-order chi connectivity index (χ1) is 17.0. The number of hydrogen-bond acceptors (Lipinski definition) is 4. The first-order valence-electron chi connectivity index (χ1n) is 12.3. The molecule has 0 bridgehead atoms. The third-order valence-corrected chi connectivity index (χ3v) is 6.91. The van der Waals surface area contributed by atoms with E-state index in [9.17, 15) is 9.18 Å². The lowest BCUT2D eigenvalue weighted by Gasteiger charge is -2.13. The highest BCUT2D eigenvalue weighted by Gasteiger charge is 2.17. The first kappa shape index (κ1) is 25.4. The van der Waals surface area contributed by atoms with E-state index >= 15 is 0 Å². The van der Waals surface area contributed by atoms with Crippen molar-refractivity contribution in [1.82, 2.24) is 10.2 Å². The normalized spacial score (nSPS) is 14.6. The highest BCUT2D eigenvalue weighted by atomic mass is 79.9. The lowest BCUT2D eigenvalue weighted by molar-refractivity contribution is 0.0975. The second-order valence-corrected chi connectivity index (χ2v) is 9.92. The van der Waals surface area contributed by atoms with Crippen molar-refractivity contribution in [1.29, 1.82) is 0 Å². The number of aliphatic imine (C=N–C) groups is 1. The molecule has 6 nitrogen and oxygen atoms in total. The molecule has 4 rings (SSSR count). The molecule has 1 saturated heterocycles. The van der Waals surface area contributed by atoms with Crippen LogP contribution in [0.4, 0.5) is 4.39 Å². The van der Waals surface area contributed by atoms with Crippen LogP contribution >= 0.6 is 15.9 Å². The molecular weight excluding hydrogens is 511 g/mol. The maximum Gasteiger partial charge on any atom is 0.258 e. The minimum Gasteiger partial charge on any atom is -0.464 e. The van der Waals surface area contributed by atoms with Crippen LogP contribution in [0.1, 0.15) is 53.6 Å². The van der Waals surface area contributed by atoms with Crippen LogP contribution in [-0.4, -0.2) is 42.9 Å². The molecular formula is C27H32BrFN4O2. The van der Waals surface area contributed by atoms with Gasteiger partial charge in [-0.25, -0.2) is 4.39 Å². The minimum absolute atomic E-state index is 0.0639. The summed E-state index contributed by atoms with van der Waals surface area (Å²) in [5, 5.41) is 3.59. The van der Waals surface area contributed by atoms with Gasteiger partial charge >= 0.3 is 0 Å². The van der Waals surface area contributed by atoms with E-state index in [2.05, 4.69) is 31.1 Å². The molecule has 35 heavy (non-hydrogen) atoms. The van der Waals surface area contributed by atoms with Crippen molar-refractivity contribution in [2.24, 2.45) is 10.7 Å². The monoisotopic (exact) mass is 542 g/mol. The summed E-state index contributed by atoms with van der Waals surface area (Å²) in [6.07, 6.45) is 8.27. The van der Waals surface area contributed by atoms with Gasteiger partial charge in [0.15, 0.2) is 5.96 Å². The number of nitrogens with zero attached hydrogens (tertiary/aromatic N) is 2. The molecule has 0 unspecified atom stereocenters. The molecule has 0 atom stereocenters. The molecule has 2 aromatic carbocycles. The number of carbonyl (C=O) groups is 1. The molecule has 2 heterocycles. The van der Waals surface area contributed by atoms with Gasteiger partial charge in [-0.3, -0.25) is 15.1 Å². The number of aryl methyl sites for hydroxylation is 1. The summed E-state index contributed by atoms with van der Waals surface area (Å²) in [7, 11) is 0. The fourth-order valence-electron chi connectivity index (χ4n) is 4.64. The SMILES string of the molecule is NC(=NCCCCCN1CCCC1)NC(=O)c1cccc(F)c1CCc1cc(Br)cc2ccoc12. The molecule has 8 heteroatoms. The first-order valence-corrected chi connectivity index (χ1v) is 13.1. The number of hydrogen-bond donors (Lipinski definition) is 2. The second-order valence-electron chi connectivity index (χ2n) is 9.00. The molecule has 186 valence electrons. The zero-order valence-electron chi connectivity index (χ0n) is 19.9. The van der Waals surface area contributed by atoms with Gasteiger partial charge in [0.05, 0.1) is 6.26 Å². The van der Waals surface area contributed by atoms with Crippen molar-refractivity contribution in [3.63, 3.8) is 0 Å². The standard InChI is InChI=1S/C27H32BrFN4O2/c28-21-17-19(25-20(18-21)11-16-35-25)9-10-22-23(7-6-8-24(22)29)26(34)32-27(30)31-12-2-1-3-13-33-14-4-5-15-33/h6-8,11,16-18H,1-5,9-10,12-15H2,(H3,30,31,32,34). The van der Waals surface area contributed by atoms with Gasteiger partial charge in [-0.05, 0) is 94.1 Å². The van der Waals surface area contributed by atoms with Crippen LogP contribution < -0.4 is 11.1 Å². The molecule has 0 aliphatic carbocycles. The Morgan fingerprint density at radius 1 is 1.14 bits per heavy atom. The lowest BCUT2D eigenvalue weighted by atomic mass is 9.98. The molecule has 0 radical (unpaired) electrons. The predicted octanol–water partition coefficient (Wildman–Crippen LogP) is 5.43. The quantitative estimate of drug-likeness (QED) is 0.203. The Morgan fingerprint density at radius 3 is 2.80 bits per heavy atom. The van der Waals surface area contributed by atoms with Gasteiger partial charge in [-0.1, -0.05) is 28.4 Å². The summed E-state index contributed by atoms with van der Waals surface area (Å²) < 4.78 is 21.3. The maximum atomic E-state index is 14.7. The number of amides is 1. The van der Waals surface area contributed by atoms with Crippen LogP contribution in [-0.2, 0) is 12.8 Å². The van der Waals surface area contributed by atoms with Gasteiger partial charge in [0.1, 0.15) is 11.4 Å². The van der Waals surface area contributed by atoms with Crippen LogP contribution in [0.5, 0.6) is 0 Å². The highest BCUT2D eigenvalue weighted by molar-refractivity contribution is 9.10. The number of likely N-dealkylation sites (tertiary alicyclic amines) is 1. The molecule has 0 saturated carbocycles. The van der Waals surface area contributed by atoms with Gasteiger partial charge in [0.25, 0.3) is 5.91 Å². The smallest absolute Gasteiger partial charge is 0.258 e. The average molecular weight is 543 g/mol. The molecule has 3 aromatic rings. The van der Waals surface area contributed by atoms with Crippen LogP contribution in [0.15, 0.2) is 56.5 Å². The van der Waals surface area contributed by atoms with E-state index < -0.39 is 11.7 Å². The number of nitrogens with one attached hydrogen (secondary N) is 1. The number of fused-ring (bicyclic) bond motifs is 1. The number of halogens is 2. The minimum atomic E-state index is -0.452. The zero-order valence-corrected chi connectivity index (χ0v) is 21.4. The van der Waals surface area contributed by atoms with Crippen molar-refractivity contribution < 1.29 is 13.6 Å². The van der Waals surface area contributed by atoms with Gasteiger partial charge in [-0.15, -0.1) is 0 Å². The van der Waals surface area contributed by atoms with E-state index in [4.69, 9.17) is 10.2 Å². The van der Waals surface area contributed by atoms with Crippen LogP contribution in [0.3, 0.4) is 0 Å². The number of unbranched alkanes of at least 4 members (excludes halogenated alkanes) is 2. The van der Waals surface area contributed by atoms with E-state index in [1.165, 1.54) is 38.1 Å². The Hall–Kier alpha value is -2.71. The van der Waals surface area contributed by atoms with Gasteiger partial charge in [0.2, 0.25) is 0 Å². The second kappa shape index (κ2) is 12.3. The summed E-state index contributed by atoms with van der Waals surface area (Å²) in [5.41, 5.74) is 8.27. The summed E-state index contributed by atoms with van der Waals surface area (Å²) >= 11 is 3.51. The van der Waals surface area contributed by atoms with Crippen molar-refractivity contribution in [3.05, 3.63) is 69.6 Å². The topological polar surface area (TPSA) is 83.9 Å². The fraction of sp³-hybridized carbons (Fsp3) is 0.407. The number of furan rings is 1. The highest BCUT2D eigenvalue weighted by Crippen LogP contribution is 2.27. The summed E-state index contributed by atoms with van der Waals surface area (Å²) in [6.45, 7) is 4.14. The van der Waals surface area contributed by atoms with E-state index in [0.29, 0.717) is 24.9 Å². The van der Waals surface area contributed by atoms with E-state index in [1.807, 2.05) is 18.2 Å². The molecule has 0 spiro atoms. The summed E-state index contributed by atoms with van der Waals surface area (Å²) in [6, 6.07) is 10.3. The predicted molar refractivity (Wildman–Crippen MR) is 141 cm³/mol. The van der Waals surface area contributed by atoms with Gasteiger partial charge in [-0.2, -0.15) is 0 Å². The Labute approximate surface area is 213 Å². The fourth-order valence-corrected chi connectivity index (χ4v) is 5.16. The Kier molecular flexibility index (Phi) is 8.93. The third-order valence-electron chi connectivity index (χ3n) is 6.46. The van der Waals surface area contributed by atoms with Gasteiger partial charge in [0, 0.05) is 27.5 Å². The van der Waals surface area contributed by atoms with Crippen molar-refractivity contribution in [2.45, 2.75) is 44.9 Å². The number of benzene rings is 2. The van der Waals surface area contributed by atoms with Crippen molar-refractivity contribution in [3.8, 4) is 0 Å². The molecule has 1 aromatic heterocycles. The molecule has 1 aliphatic heterocycles. The lowest BCUT2D eigenvalue weighted by Crippen LogP contribution is -2.37. The Morgan fingerprint density at radius 2 is 1.97 bits per heavy atom. The maximum absolute atomic E-state index is 14.7. The number of carbonyl (C=O) groups excluding carboxylic acids is 1. The number of guanidine groups is 1. The molecule has 1 amide bonds. The Bertz CT molecular complexity index is 1190. The van der Waals surface area contributed by atoms with E-state index in [0.717, 1.165) is 46.8 Å². The molecule has 1 fully saturated rings. The van der Waals surface area contributed by atoms with E-state index in [1.54, 1.807) is 12.3 Å². The molecule has 3 N–H and O–H groups in total. The number of nitrogens with two attached hydrogens (primary N) is 1. The van der Waals surface area contributed by atoms with E-state index in [-0.39, 0.29) is 11.5 Å².